The van der Waals surface area contributed by atoms with E-state index in [1.54, 1.807) is 24.5 Å². The van der Waals surface area contributed by atoms with E-state index in [0.717, 1.165) is 35.3 Å². The second-order valence-electron chi connectivity index (χ2n) is 7.41. The van der Waals surface area contributed by atoms with E-state index in [-0.39, 0.29) is 29.2 Å². The maximum atomic E-state index is 12.9. The average molecular weight is 486 g/mol. The molecule has 0 spiro atoms. The van der Waals surface area contributed by atoms with Crippen LogP contribution < -0.4 is 15.2 Å². The van der Waals surface area contributed by atoms with Crippen molar-refractivity contribution in [1.82, 2.24) is 14.3 Å². The van der Waals surface area contributed by atoms with Crippen LogP contribution in [0.1, 0.15) is 29.9 Å². The number of alkyl halides is 3. The number of sulfonamides is 1. The lowest BCUT2D eigenvalue weighted by molar-refractivity contribution is -0.139. The fourth-order valence-electron chi connectivity index (χ4n) is 3.33. The molecule has 0 saturated heterocycles. The van der Waals surface area contributed by atoms with E-state index < -0.39 is 21.8 Å². The molecule has 0 radical (unpaired) electrons. The number of primary sulfonamides is 1. The van der Waals surface area contributed by atoms with Crippen molar-refractivity contribution in [3.63, 3.8) is 0 Å². The molecule has 0 aliphatic heterocycles. The molecule has 2 heterocycles. The zero-order chi connectivity index (χ0) is 22.9. The van der Waals surface area contributed by atoms with Crippen molar-refractivity contribution in [3.8, 4) is 5.88 Å². The van der Waals surface area contributed by atoms with Gasteiger partial charge in [0.25, 0.3) is 0 Å². The Labute approximate surface area is 185 Å². The van der Waals surface area contributed by atoms with Gasteiger partial charge in [0.1, 0.15) is 5.56 Å². The predicted molar refractivity (Wildman–Crippen MR) is 111 cm³/mol. The molecule has 32 heavy (non-hydrogen) atoms. The molecule has 13 heteroatoms. The minimum atomic E-state index is -4.47. The first-order chi connectivity index (χ1) is 15.1. The third kappa shape index (κ3) is 5.16. The van der Waals surface area contributed by atoms with Crippen molar-refractivity contribution < 1.29 is 26.3 Å². The van der Waals surface area contributed by atoms with Gasteiger partial charge >= 0.3 is 6.18 Å². The first kappa shape index (κ1) is 22.4. The van der Waals surface area contributed by atoms with Crippen LogP contribution in [-0.4, -0.2) is 29.4 Å². The average Bonchev–Trinajstić information content (AvgIpc) is 3.17. The summed E-state index contributed by atoms with van der Waals surface area (Å²) < 4.78 is 70.2. The maximum Gasteiger partial charge on any atom is 0.422 e. The molecule has 1 aliphatic carbocycles. The summed E-state index contributed by atoms with van der Waals surface area (Å²) in [4.78, 5) is 8.54. The van der Waals surface area contributed by atoms with Gasteiger partial charge in [0.2, 0.25) is 21.9 Å². The minimum absolute atomic E-state index is 0.00671. The van der Waals surface area contributed by atoms with E-state index in [2.05, 4.69) is 19.7 Å². The van der Waals surface area contributed by atoms with Crippen molar-refractivity contribution in [3.05, 3.63) is 53.2 Å². The molecule has 0 unspecified atom stereocenters. The summed E-state index contributed by atoms with van der Waals surface area (Å²) in [6.07, 6.45) is 0.436. The molecule has 2 aromatic heterocycles. The van der Waals surface area contributed by atoms with Crippen LogP contribution in [0.3, 0.4) is 0 Å². The second-order valence-corrected chi connectivity index (χ2v) is 9.60. The number of nitrogens with zero attached hydrogens (tertiary/aromatic N) is 3. The minimum Gasteiger partial charge on any atom is -0.476 e. The Balaban J connectivity index is 1.27. The van der Waals surface area contributed by atoms with Gasteiger partial charge in [-0.25, -0.2) is 23.5 Å². The van der Waals surface area contributed by atoms with Crippen molar-refractivity contribution in [1.29, 1.82) is 0 Å². The molecule has 0 bridgehead atoms. The molecule has 3 aromatic rings. The summed E-state index contributed by atoms with van der Waals surface area (Å²) in [7, 11) is -3.76. The summed E-state index contributed by atoms with van der Waals surface area (Å²) in [5.74, 6) is 0.337. The first-order valence-corrected chi connectivity index (χ1v) is 11.8. The van der Waals surface area contributed by atoms with E-state index >= 15 is 0 Å². The first-order valence-electron chi connectivity index (χ1n) is 9.46. The number of hydrogen-bond donors (Lipinski definition) is 2. The fourth-order valence-corrected chi connectivity index (χ4v) is 4.48. The number of ether oxygens (including phenoxy) is 1. The molecular formula is C19H18F3N5O3S2. The largest absolute Gasteiger partial charge is 0.476 e. The number of hydrogen-bond acceptors (Lipinski definition) is 8. The zero-order valence-electron chi connectivity index (χ0n) is 16.4. The Morgan fingerprint density at radius 2 is 1.81 bits per heavy atom. The number of anilines is 2. The second kappa shape index (κ2) is 8.64. The lowest BCUT2D eigenvalue weighted by Crippen LogP contribution is -2.27. The highest BCUT2D eigenvalue weighted by molar-refractivity contribution is 7.89. The Hall–Kier alpha value is -2.77. The van der Waals surface area contributed by atoms with Gasteiger partial charge in [0, 0.05) is 23.5 Å². The molecule has 1 saturated carbocycles. The fraction of sp³-hybridized carbons (Fsp3) is 0.316. The lowest BCUT2D eigenvalue weighted by atomic mass is 9.72. The van der Waals surface area contributed by atoms with Crippen LogP contribution in [0.5, 0.6) is 5.88 Å². The Kier molecular flexibility index (Phi) is 6.05. The number of rotatable bonds is 7. The summed E-state index contributed by atoms with van der Waals surface area (Å²) >= 11 is 0.721. The van der Waals surface area contributed by atoms with Crippen LogP contribution in [0.2, 0.25) is 0 Å². The molecule has 1 aromatic carbocycles. The topological polar surface area (TPSA) is 120 Å². The predicted octanol–water partition coefficient (Wildman–Crippen LogP) is 3.92. The molecule has 170 valence electrons. The molecular weight excluding hydrogens is 467 g/mol. The van der Waals surface area contributed by atoms with Gasteiger partial charge in [-0.3, -0.25) is 0 Å². The molecule has 0 amide bonds. The lowest BCUT2D eigenvalue weighted by Gasteiger charge is -2.34. The van der Waals surface area contributed by atoms with Gasteiger partial charge < -0.3 is 10.1 Å². The van der Waals surface area contributed by atoms with E-state index in [1.807, 2.05) is 0 Å². The summed E-state index contributed by atoms with van der Waals surface area (Å²) in [6.45, 7) is 0.179. The SMILES string of the molecule is NS(=O)(=O)c1ccc(Nc2ncc(C3CC(COc4nscc4C(F)(F)F)C3)cn2)cc1. The third-order valence-corrected chi connectivity index (χ3v) is 6.66. The third-order valence-electron chi connectivity index (χ3n) is 5.12. The molecule has 1 aliphatic rings. The Bertz CT molecular complexity index is 1180. The highest BCUT2D eigenvalue weighted by Crippen LogP contribution is 2.42. The van der Waals surface area contributed by atoms with Gasteiger partial charge in [-0.1, -0.05) is 0 Å². The molecule has 0 atom stereocenters. The van der Waals surface area contributed by atoms with Gasteiger partial charge in [-0.15, -0.1) is 0 Å². The van der Waals surface area contributed by atoms with Crippen molar-refractivity contribution in [2.24, 2.45) is 11.1 Å². The van der Waals surface area contributed by atoms with Crippen LogP contribution in [0, 0.1) is 5.92 Å². The van der Waals surface area contributed by atoms with Crippen molar-refractivity contribution in [2.45, 2.75) is 29.8 Å². The highest BCUT2D eigenvalue weighted by atomic mass is 32.2. The maximum absolute atomic E-state index is 12.9. The number of nitrogens with one attached hydrogen (secondary N) is 1. The molecule has 8 nitrogen and oxygen atoms in total. The zero-order valence-corrected chi connectivity index (χ0v) is 18.0. The molecule has 1 fully saturated rings. The van der Waals surface area contributed by atoms with E-state index in [4.69, 9.17) is 9.88 Å². The number of nitrogens with two attached hydrogens (primary N) is 1. The Morgan fingerprint density at radius 1 is 1.16 bits per heavy atom. The van der Waals surface area contributed by atoms with Crippen molar-refractivity contribution in [2.75, 3.05) is 11.9 Å². The summed E-state index contributed by atoms with van der Waals surface area (Å²) in [5, 5.41) is 8.99. The summed E-state index contributed by atoms with van der Waals surface area (Å²) in [6, 6.07) is 5.87. The summed E-state index contributed by atoms with van der Waals surface area (Å²) in [5.41, 5.74) is 0.696. The molecule has 4 rings (SSSR count). The van der Waals surface area contributed by atoms with Crippen LogP contribution >= 0.6 is 11.5 Å². The number of aromatic nitrogens is 3. The normalized spacial score (nSPS) is 18.8. The number of benzene rings is 1. The van der Waals surface area contributed by atoms with Gasteiger partial charge in [0.15, 0.2) is 0 Å². The van der Waals surface area contributed by atoms with Crippen LogP contribution in [0.15, 0.2) is 46.9 Å². The van der Waals surface area contributed by atoms with Gasteiger partial charge in [0.05, 0.1) is 11.5 Å². The van der Waals surface area contributed by atoms with Gasteiger partial charge in [-0.2, -0.15) is 17.5 Å². The quantitative estimate of drug-likeness (QED) is 0.520. The monoisotopic (exact) mass is 485 g/mol. The van der Waals surface area contributed by atoms with E-state index in [9.17, 15) is 21.6 Å². The Morgan fingerprint density at radius 3 is 2.41 bits per heavy atom. The highest BCUT2D eigenvalue weighted by Gasteiger charge is 2.37. The number of halogens is 3. The standard InChI is InChI=1S/C19H18F3N5O3S2/c20-19(21,22)16-10-31-27-17(16)30-9-11-5-12(6-11)13-7-24-18(25-8-13)26-14-1-3-15(4-2-14)32(23,28)29/h1-4,7-8,10-12H,5-6,9H2,(H2,23,28,29)(H,24,25,26). The van der Waals surface area contributed by atoms with Crippen LogP contribution in [-0.2, 0) is 16.2 Å². The smallest absolute Gasteiger partial charge is 0.422 e. The van der Waals surface area contributed by atoms with Crippen LogP contribution in [0.25, 0.3) is 0 Å². The van der Waals surface area contributed by atoms with Crippen molar-refractivity contribution >= 4 is 33.2 Å². The van der Waals surface area contributed by atoms with E-state index in [1.165, 1.54) is 12.1 Å². The van der Waals surface area contributed by atoms with Crippen LogP contribution in [0.4, 0.5) is 24.8 Å². The van der Waals surface area contributed by atoms with E-state index in [0.29, 0.717) is 11.6 Å². The van der Waals surface area contributed by atoms with Gasteiger partial charge in [-0.05, 0) is 66.0 Å². The molecule has 3 N–H and O–H groups in total.